The average molecular weight is 267 g/mol. The van der Waals surface area contributed by atoms with Crippen molar-refractivity contribution in [3.05, 3.63) is 34.4 Å². The fourth-order valence-corrected chi connectivity index (χ4v) is 1.72. The van der Waals surface area contributed by atoms with Gasteiger partial charge in [-0.1, -0.05) is 22.0 Å². The molecule has 15 heavy (non-hydrogen) atoms. The third-order valence-electron chi connectivity index (χ3n) is 2.04. The van der Waals surface area contributed by atoms with Crippen LogP contribution in [0.3, 0.4) is 0 Å². The number of carboxylic acids is 1. The summed E-state index contributed by atoms with van der Waals surface area (Å²) in [7, 11) is 0. The molecular formula is C10H7BrN2O2. The zero-order chi connectivity index (χ0) is 11.0. The molecule has 0 aliphatic carbocycles. The molecule has 0 fully saturated rings. The number of fused-ring (bicyclic) bond motifs is 1. The standard InChI is InChI=1S/C10H7BrN2O2/c11-6-2-1-5-3-8(10(14)15)13-9(12)7(5)4-6/h1-4H,(H2,12,13)(H,14,15). The van der Waals surface area contributed by atoms with Crippen molar-refractivity contribution in [2.24, 2.45) is 0 Å². The second-order valence-corrected chi connectivity index (χ2v) is 3.98. The Labute approximate surface area is 93.9 Å². The summed E-state index contributed by atoms with van der Waals surface area (Å²) in [5.41, 5.74) is 5.63. The van der Waals surface area contributed by atoms with Crippen molar-refractivity contribution in [3.8, 4) is 0 Å². The summed E-state index contributed by atoms with van der Waals surface area (Å²) in [6.07, 6.45) is 0. The van der Waals surface area contributed by atoms with E-state index in [1.165, 1.54) is 6.07 Å². The Hall–Kier alpha value is -1.62. The van der Waals surface area contributed by atoms with E-state index in [0.717, 1.165) is 15.2 Å². The fraction of sp³-hybridized carbons (Fsp3) is 0. The number of nitrogen functional groups attached to an aromatic ring is 1. The number of carboxylic acid groups (broad SMARTS) is 1. The minimum atomic E-state index is -1.08. The van der Waals surface area contributed by atoms with Crippen LogP contribution in [0.1, 0.15) is 10.5 Å². The molecule has 4 nitrogen and oxygen atoms in total. The van der Waals surface area contributed by atoms with Crippen molar-refractivity contribution < 1.29 is 9.90 Å². The molecule has 0 radical (unpaired) electrons. The molecule has 0 saturated carbocycles. The monoisotopic (exact) mass is 266 g/mol. The highest BCUT2D eigenvalue weighted by Crippen LogP contribution is 2.24. The number of pyridine rings is 1. The molecule has 1 aromatic heterocycles. The zero-order valence-corrected chi connectivity index (χ0v) is 9.15. The van der Waals surface area contributed by atoms with Gasteiger partial charge in [-0.15, -0.1) is 0 Å². The molecule has 2 aromatic rings. The van der Waals surface area contributed by atoms with Gasteiger partial charge in [-0.25, -0.2) is 9.78 Å². The summed E-state index contributed by atoms with van der Waals surface area (Å²) in [5.74, 6) is -0.849. The number of hydrogen-bond donors (Lipinski definition) is 2. The number of rotatable bonds is 1. The third-order valence-corrected chi connectivity index (χ3v) is 2.54. The maximum atomic E-state index is 10.7. The molecule has 0 unspecified atom stereocenters. The van der Waals surface area contributed by atoms with Crippen LogP contribution in [0.4, 0.5) is 5.82 Å². The van der Waals surface area contributed by atoms with Gasteiger partial charge in [0.05, 0.1) is 0 Å². The highest BCUT2D eigenvalue weighted by Gasteiger charge is 2.08. The van der Waals surface area contributed by atoms with E-state index in [2.05, 4.69) is 20.9 Å². The first-order chi connectivity index (χ1) is 7.08. The van der Waals surface area contributed by atoms with Gasteiger partial charge in [0, 0.05) is 9.86 Å². The lowest BCUT2D eigenvalue weighted by Gasteiger charge is -2.03. The number of hydrogen-bond acceptors (Lipinski definition) is 3. The zero-order valence-electron chi connectivity index (χ0n) is 7.57. The molecular weight excluding hydrogens is 260 g/mol. The van der Waals surface area contributed by atoms with E-state index in [9.17, 15) is 4.79 Å². The van der Waals surface area contributed by atoms with Crippen LogP contribution < -0.4 is 5.73 Å². The summed E-state index contributed by atoms with van der Waals surface area (Å²) >= 11 is 3.31. The fourth-order valence-electron chi connectivity index (χ4n) is 1.36. The van der Waals surface area contributed by atoms with Gasteiger partial charge < -0.3 is 10.8 Å². The summed E-state index contributed by atoms with van der Waals surface area (Å²) in [5, 5.41) is 10.3. The van der Waals surface area contributed by atoms with Crippen LogP contribution in [0, 0.1) is 0 Å². The van der Waals surface area contributed by atoms with Gasteiger partial charge in [0.15, 0.2) is 5.69 Å². The molecule has 1 heterocycles. The van der Waals surface area contributed by atoms with E-state index in [4.69, 9.17) is 10.8 Å². The van der Waals surface area contributed by atoms with Crippen LogP contribution in [0.15, 0.2) is 28.7 Å². The van der Waals surface area contributed by atoms with E-state index >= 15 is 0 Å². The maximum absolute atomic E-state index is 10.7. The molecule has 5 heteroatoms. The van der Waals surface area contributed by atoms with Crippen LogP contribution >= 0.6 is 15.9 Å². The number of aromatic carboxylic acids is 1. The average Bonchev–Trinajstić information content (AvgIpc) is 2.18. The third kappa shape index (κ3) is 1.78. The minimum Gasteiger partial charge on any atom is -0.477 e. The number of carbonyl (C=O) groups is 1. The highest BCUT2D eigenvalue weighted by molar-refractivity contribution is 9.10. The van der Waals surface area contributed by atoms with Gasteiger partial charge in [0.25, 0.3) is 0 Å². The summed E-state index contributed by atoms with van der Waals surface area (Å²) in [4.78, 5) is 14.5. The van der Waals surface area contributed by atoms with Crippen molar-refractivity contribution in [1.82, 2.24) is 4.98 Å². The topological polar surface area (TPSA) is 76.2 Å². The predicted octanol–water partition coefficient (Wildman–Crippen LogP) is 2.28. The number of halogens is 1. The van der Waals surface area contributed by atoms with Crippen molar-refractivity contribution in [3.63, 3.8) is 0 Å². The van der Waals surface area contributed by atoms with Crippen LogP contribution in [-0.2, 0) is 0 Å². The van der Waals surface area contributed by atoms with Crippen LogP contribution in [0.2, 0.25) is 0 Å². The van der Waals surface area contributed by atoms with Gasteiger partial charge in [0.1, 0.15) is 5.82 Å². The molecule has 76 valence electrons. The lowest BCUT2D eigenvalue weighted by atomic mass is 10.1. The molecule has 0 aliphatic rings. The predicted molar refractivity (Wildman–Crippen MR) is 60.8 cm³/mol. The molecule has 0 amide bonds. The Balaban J connectivity index is 2.78. The minimum absolute atomic E-state index is 0.0395. The molecule has 0 spiro atoms. The van der Waals surface area contributed by atoms with Crippen molar-refractivity contribution in [1.29, 1.82) is 0 Å². The molecule has 0 saturated heterocycles. The van der Waals surface area contributed by atoms with Gasteiger partial charge in [-0.3, -0.25) is 0 Å². The van der Waals surface area contributed by atoms with E-state index in [-0.39, 0.29) is 11.5 Å². The first-order valence-corrected chi connectivity index (χ1v) is 4.96. The van der Waals surface area contributed by atoms with Crippen molar-refractivity contribution in [2.45, 2.75) is 0 Å². The van der Waals surface area contributed by atoms with Crippen LogP contribution in [-0.4, -0.2) is 16.1 Å². The Morgan fingerprint density at radius 1 is 1.40 bits per heavy atom. The Morgan fingerprint density at radius 3 is 2.80 bits per heavy atom. The molecule has 2 rings (SSSR count). The number of anilines is 1. The number of nitrogens with two attached hydrogens (primary N) is 1. The molecule has 0 aliphatic heterocycles. The second-order valence-electron chi connectivity index (χ2n) is 3.06. The van der Waals surface area contributed by atoms with Crippen LogP contribution in [0.5, 0.6) is 0 Å². The SMILES string of the molecule is Nc1nc(C(=O)O)cc2ccc(Br)cc12. The molecule has 1 aromatic carbocycles. The maximum Gasteiger partial charge on any atom is 0.354 e. The number of benzene rings is 1. The first kappa shape index (κ1) is 9.92. The molecule has 0 bridgehead atoms. The Bertz CT molecular complexity index is 554. The lowest BCUT2D eigenvalue weighted by Crippen LogP contribution is -2.03. The number of nitrogens with zero attached hydrogens (tertiary/aromatic N) is 1. The summed E-state index contributed by atoms with van der Waals surface area (Å²) in [6.45, 7) is 0. The van der Waals surface area contributed by atoms with Gasteiger partial charge in [-0.2, -0.15) is 0 Å². The number of aromatic nitrogens is 1. The molecule has 0 atom stereocenters. The quantitative estimate of drug-likeness (QED) is 0.831. The van der Waals surface area contributed by atoms with Crippen LogP contribution in [0.25, 0.3) is 10.8 Å². The van der Waals surface area contributed by atoms with Gasteiger partial charge in [0.2, 0.25) is 0 Å². The second kappa shape index (κ2) is 3.51. The Morgan fingerprint density at radius 2 is 2.13 bits per heavy atom. The van der Waals surface area contributed by atoms with Crippen molar-refractivity contribution >= 4 is 38.5 Å². The van der Waals surface area contributed by atoms with E-state index in [0.29, 0.717) is 0 Å². The van der Waals surface area contributed by atoms with E-state index in [1.807, 2.05) is 12.1 Å². The largest absolute Gasteiger partial charge is 0.477 e. The van der Waals surface area contributed by atoms with Gasteiger partial charge >= 0.3 is 5.97 Å². The van der Waals surface area contributed by atoms with Gasteiger partial charge in [-0.05, 0) is 23.6 Å². The summed E-state index contributed by atoms with van der Waals surface area (Å²) < 4.78 is 0.881. The Kier molecular flexibility index (Phi) is 2.32. The van der Waals surface area contributed by atoms with E-state index < -0.39 is 5.97 Å². The van der Waals surface area contributed by atoms with Crippen molar-refractivity contribution in [2.75, 3.05) is 5.73 Å². The molecule has 3 N–H and O–H groups in total. The smallest absolute Gasteiger partial charge is 0.354 e. The van der Waals surface area contributed by atoms with E-state index in [1.54, 1.807) is 6.07 Å². The summed E-state index contributed by atoms with van der Waals surface area (Å²) in [6, 6.07) is 6.93. The highest BCUT2D eigenvalue weighted by atomic mass is 79.9. The normalized spacial score (nSPS) is 10.5. The lowest BCUT2D eigenvalue weighted by molar-refractivity contribution is 0.0691. The first-order valence-electron chi connectivity index (χ1n) is 4.17.